The molecule has 6 heteroatoms. The molecule has 0 aromatic carbocycles. The Morgan fingerprint density at radius 2 is 2.44 bits per heavy atom. The number of hydrogen-bond acceptors (Lipinski definition) is 3. The minimum atomic E-state index is -0.239. The SMILES string of the molecule is CC[C@@H](C(=O)NCCc1ncc[nH]1)n1cccn1. The zero-order valence-electron chi connectivity index (χ0n) is 10.3. The van der Waals surface area contributed by atoms with Gasteiger partial charge >= 0.3 is 0 Å². The summed E-state index contributed by atoms with van der Waals surface area (Å²) in [4.78, 5) is 19.1. The van der Waals surface area contributed by atoms with Crippen molar-refractivity contribution in [2.45, 2.75) is 25.8 Å². The number of hydrogen-bond donors (Lipinski definition) is 2. The molecule has 2 rings (SSSR count). The minimum Gasteiger partial charge on any atom is -0.354 e. The Hall–Kier alpha value is -2.11. The predicted octanol–water partition coefficient (Wildman–Crippen LogP) is 0.916. The molecule has 0 saturated heterocycles. The van der Waals surface area contributed by atoms with Crippen LogP contribution >= 0.6 is 0 Å². The van der Waals surface area contributed by atoms with Crippen molar-refractivity contribution in [3.63, 3.8) is 0 Å². The molecule has 0 spiro atoms. The lowest BCUT2D eigenvalue weighted by Gasteiger charge is -2.15. The number of nitrogens with zero attached hydrogens (tertiary/aromatic N) is 3. The number of aromatic amines is 1. The molecule has 1 atom stereocenters. The molecule has 0 saturated carbocycles. The molecule has 0 radical (unpaired) electrons. The Labute approximate surface area is 105 Å². The molecule has 0 unspecified atom stereocenters. The van der Waals surface area contributed by atoms with Gasteiger partial charge in [-0.2, -0.15) is 5.10 Å². The van der Waals surface area contributed by atoms with Crippen LogP contribution in [0.2, 0.25) is 0 Å². The van der Waals surface area contributed by atoms with Gasteiger partial charge in [-0.05, 0) is 12.5 Å². The zero-order valence-corrected chi connectivity index (χ0v) is 10.3. The molecule has 6 nitrogen and oxygen atoms in total. The van der Waals surface area contributed by atoms with Crippen molar-refractivity contribution in [2.75, 3.05) is 6.54 Å². The van der Waals surface area contributed by atoms with Crippen molar-refractivity contribution in [3.8, 4) is 0 Å². The molecule has 0 aliphatic carbocycles. The molecular weight excluding hydrogens is 230 g/mol. The molecule has 0 fully saturated rings. The van der Waals surface area contributed by atoms with Gasteiger partial charge in [0.2, 0.25) is 5.91 Å². The quantitative estimate of drug-likeness (QED) is 0.797. The summed E-state index contributed by atoms with van der Waals surface area (Å²) in [5.74, 6) is 0.871. The first-order valence-electron chi connectivity index (χ1n) is 6.06. The summed E-state index contributed by atoms with van der Waals surface area (Å²) in [6.07, 6.45) is 8.38. The van der Waals surface area contributed by atoms with E-state index in [1.807, 2.05) is 13.0 Å². The number of amides is 1. The van der Waals surface area contributed by atoms with Gasteiger partial charge in [-0.1, -0.05) is 6.92 Å². The highest BCUT2D eigenvalue weighted by molar-refractivity contribution is 5.80. The maximum absolute atomic E-state index is 12.0. The standard InChI is InChI=1S/C12H17N5O/c1-2-10(17-9-3-5-16-17)12(18)15-6-4-11-13-7-8-14-11/h3,5,7-10H,2,4,6H2,1H3,(H,13,14)(H,15,18)/t10-/m0/s1. The number of H-pyrrole nitrogens is 1. The number of aromatic nitrogens is 4. The summed E-state index contributed by atoms with van der Waals surface area (Å²) in [5.41, 5.74) is 0. The van der Waals surface area contributed by atoms with Crippen LogP contribution in [-0.2, 0) is 11.2 Å². The highest BCUT2D eigenvalue weighted by atomic mass is 16.2. The van der Waals surface area contributed by atoms with Gasteiger partial charge in [0.05, 0.1) is 0 Å². The van der Waals surface area contributed by atoms with E-state index < -0.39 is 0 Å². The van der Waals surface area contributed by atoms with E-state index in [9.17, 15) is 4.79 Å². The fourth-order valence-electron chi connectivity index (χ4n) is 1.81. The number of carbonyl (C=O) groups is 1. The van der Waals surface area contributed by atoms with E-state index in [0.29, 0.717) is 19.4 Å². The summed E-state index contributed by atoms with van der Waals surface area (Å²) in [6.45, 7) is 2.54. The molecule has 96 valence electrons. The van der Waals surface area contributed by atoms with Crippen molar-refractivity contribution in [1.29, 1.82) is 0 Å². The third-order valence-corrected chi connectivity index (χ3v) is 2.75. The fourth-order valence-corrected chi connectivity index (χ4v) is 1.81. The average Bonchev–Trinajstić information content (AvgIpc) is 3.02. The monoisotopic (exact) mass is 247 g/mol. The molecule has 0 bridgehead atoms. The van der Waals surface area contributed by atoms with Crippen LogP contribution in [0.15, 0.2) is 30.9 Å². The largest absolute Gasteiger partial charge is 0.354 e. The second-order valence-corrected chi connectivity index (χ2v) is 3.99. The highest BCUT2D eigenvalue weighted by Crippen LogP contribution is 2.09. The van der Waals surface area contributed by atoms with Crippen molar-refractivity contribution >= 4 is 5.91 Å². The number of imidazole rings is 1. The van der Waals surface area contributed by atoms with Crippen LogP contribution in [0.25, 0.3) is 0 Å². The second kappa shape index (κ2) is 6.00. The maximum Gasteiger partial charge on any atom is 0.244 e. The Morgan fingerprint density at radius 3 is 3.06 bits per heavy atom. The van der Waals surface area contributed by atoms with Gasteiger partial charge in [0.15, 0.2) is 0 Å². The number of carbonyl (C=O) groups excluding carboxylic acids is 1. The van der Waals surface area contributed by atoms with E-state index in [2.05, 4.69) is 20.4 Å². The van der Waals surface area contributed by atoms with Crippen molar-refractivity contribution in [1.82, 2.24) is 25.1 Å². The zero-order chi connectivity index (χ0) is 12.8. The molecule has 2 heterocycles. The first-order chi connectivity index (χ1) is 8.81. The average molecular weight is 247 g/mol. The van der Waals surface area contributed by atoms with Crippen molar-refractivity contribution in [2.24, 2.45) is 0 Å². The summed E-state index contributed by atoms with van der Waals surface area (Å²) in [6, 6.07) is 1.58. The molecule has 0 aliphatic heterocycles. The third-order valence-electron chi connectivity index (χ3n) is 2.75. The van der Waals surface area contributed by atoms with E-state index in [1.54, 1.807) is 29.5 Å². The molecular formula is C12H17N5O. The summed E-state index contributed by atoms with van der Waals surface area (Å²) in [5, 5.41) is 7.00. The van der Waals surface area contributed by atoms with Gasteiger partial charge < -0.3 is 10.3 Å². The molecule has 1 amide bonds. The van der Waals surface area contributed by atoms with E-state index >= 15 is 0 Å². The molecule has 2 N–H and O–H groups in total. The molecule has 0 aliphatic rings. The lowest BCUT2D eigenvalue weighted by Crippen LogP contribution is -2.34. The van der Waals surface area contributed by atoms with Crippen LogP contribution in [0.4, 0.5) is 0 Å². The van der Waals surface area contributed by atoms with Crippen LogP contribution in [0.5, 0.6) is 0 Å². The fraction of sp³-hybridized carbons (Fsp3) is 0.417. The lowest BCUT2D eigenvalue weighted by molar-refractivity contribution is -0.124. The van der Waals surface area contributed by atoms with Gasteiger partial charge in [-0.3, -0.25) is 9.48 Å². The Kier molecular flexibility index (Phi) is 4.11. The predicted molar refractivity (Wildman–Crippen MR) is 66.9 cm³/mol. The molecule has 2 aromatic heterocycles. The van der Waals surface area contributed by atoms with Gasteiger partial charge in [-0.15, -0.1) is 0 Å². The Bertz CT molecular complexity index is 463. The summed E-state index contributed by atoms with van der Waals surface area (Å²) < 4.78 is 1.68. The molecule has 2 aromatic rings. The number of rotatable bonds is 6. The number of nitrogens with one attached hydrogen (secondary N) is 2. The van der Waals surface area contributed by atoms with Crippen molar-refractivity contribution in [3.05, 3.63) is 36.7 Å². The smallest absolute Gasteiger partial charge is 0.244 e. The third kappa shape index (κ3) is 2.97. The van der Waals surface area contributed by atoms with E-state index in [4.69, 9.17) is 0 Å². The lowest BCUT2D eigenvalue weighted by atomic mass is 10.2. The normalized spacial score (nSPS) is 12.3. The first-order valence-corrected chi connectivity index (χ1v) is 6.06. The van der Waals surface area contributed by atoms with Crippen molar-refractivity contribution < 1.29 is 4.79 Å². The highest BCUT2D eigenvalue weighted by Gasteiger charge is 2.17. The summed E-state index contributed by atoms with van der Waals surface area (Å²) >= 11 is 0. The van der Waals surface area contributed by atoms with Gasteiger partial charge in [0.1, 0.15) is 11.9 Å². The van der Waals surface area contributed by atoms with E-state index in [-0.39, 0.29) is 11.9 Å². The van der Waals surface area contributed by atoms with E-state index in [1.165, 1.54) is 0 Å². The second-order valence-electron chi connectivity index (χ2n) is 3.99. The Balaban J connectivity index is 1.83. The van der Waals surface area contributed by atoms with E-state index in [0.717, 1.165) is 5.82 Å². The van der Waals surface area contributed by atoms with Crippen LogP contribution in [0, 0.1) is 0 Å². The van der Waals surface area contributed by atoms with Gasteiger partial charge in [0.25, 0.3) is 0 Å². The van der Waals surface area contributed by atoms with Gasteiger partial charge in [0, 0.05) is 37.8 Å². The molecule has 18 heavy (non-hydrogen) atoms. The minimum absolute atomic E-state index is 0.00671. The van der Waals surface area contributed by atoms with Gasteiger partial charge in [-0.25, -0.2) is 4.98 Å². The topological polar surface area (TPSA) is 75.6 Å². The van der Waals surface area contributed by atoms with Crippen LogP contribution < -0.4 is 5.32 Å². The van der Waals surface area contributed by atoms with Crippen LogP contribution in [0.1, 0.15) is 25.2 Å². The first kappa shape index (κ1) is 12.3. The van der Waals surface area contributed by atoms with Crippen LogP contribution in [0.3, 0.4) is 0 Å². The Morgan fingerprint density at radius 1 is 1.56 bits per heavy atom. The van der Waals surface area contributed by atoms with Crippen LogP contribution in [-0.4, -0.2) is 32.2 Å². The summed E-state index contributed by atoms with van der Waals surface area (Å²) in [7, 11) is 0. The maximum atomic E-state index is 12.0.